The van der Waals surface area contributed by atoms with Crippen molar-refractivity contribution in [1.29, 1.82) is 0 Å². The standard InChI is InChI=1S/C17H16IN5O/c1-12-9-14(18)7-8-15(12)20-17(24)16(23-11-19-21-22-23)10-13-5-3-2-4-6-13/h2-9,11,16H,10H2,1H3,(H,20,24). The van der Waals surface area contributed by atoms with Crippen LogP contribution in [0.1, 0.15) is 17.2 Å². The molecule has 6 nitrogen and oxygen atoms in total. The molecule has 0 saturated heterocycles. The third-order valence-corrected chi connectivity index (χ3v) is 4.38. The molecule has 3 rings (SSSR count). The third kappa shape index (κ3) is 3.97. The van der Waals surface area contributed by atoms with Crippen LogP contribution in [0, 0.1) is 10.5 Å². The van der Waals surface area contributed by atoms with E-state index in [-0.39, 0.29) is 5.91 Å². The largest absolute Gasteiger partial charge is 0.324 e. The molecular weight excluding hydrogens is 417 g/mol. The van der Waals surface area contributed by atoms with Crippen molar-refractivity contribution in [2.75, 3.05) is 5.32 Å². The Morgan fingerprint density at radius 1 is 1.25 bits per heavy atom. The zero-order chi connectivity index (χ0) is 16.9. The van der Waals surface area contributed by atoms with E-state index in [1.54, 1.807) is 0 Å². The van der Waals surface area contributed by atoms with E-state index >= 15 is 0 Å². The molecule has 0 fully saturated rings. The van der Waals surface area contributed by atoms with E-state index in [4.69, 9.17) is 0 Å². The molecule has 1 aromatic heterocycles. The number of anilines is 1. The smallest absolute Gasteiger partial charge is 0.249 e. The van der Waals surface area contributed by atoms with Gasteiger partial charge in [-0.1, -0.05) is 30.3 Å². The van der Waals surface area contributed by atoms with Crippen molar-refractivity contribution < 1.29 is 4.79 Å². The Hall–Kier alpha value is -2.29. The number of halogens is 1. The minimum Gasteiger partial charge on any atom is -0.324 e. The zero-order valence-electron chi connectivity index (χ0n) is 13.1. The van der Waals surface area contributed by atoms with Crippen molar-refractivity contribution in [2.24, 2.45) is 0 Å². The topological polar surface area (TPSA) is 72.7 Å². The van der Waals surface area contributed by atoms with Gasteiger partial charge in [-0.3, -0.25) is 4.79 Å². The number of nitrogens with zero attached hydrogens (tertiary/aromatic N) is 4. The summed E-state index contributed by atoms with van der Waals surface area (Å²) >= 11 is 2.25. The molecule has 0 aliphatic rings. The van der Waals surface area contributed by atoms with Gasteiger partial charge in [-0.2, -0.15) is 0 Å². The van der Waals surface area contributed by atoms with Crippen LogP contribution in [-0.2, 0) is 11.2 Å². The Morgan fingerprint density at radius 3 is 2.71 bits per heavy atom. The summed E-state index contributed by atoms with van der Waals surface area (Å²) in [6.45, 7) is 1.97. The molecule has 7 heteroatoms. The Kier molecular flexibility index (Phi) is 5.19. The van der Waals surface area contributed by atoms with E-state index in [0.29, 0.717) is 6.42 Å². The average molecular weight is 433 g/mol. The minimum atomic E-state index is -0.513. The highest BCUT2D eigenvalue weighted by atomic mass is 127. The molecule has 0 saturated carbocycles. The maximum absolute atomic E-state index is 12.8. The highest BCUT2D eigenvalue weighted by Gasteiger charge is 2.22. The zero-order valence-corrected chi connectivity index (χ0v) is 15.2. The van der Waals surface area contributed by atoms with E-state index in [1.165, 1.54) is 11.0 Å². The summed E-state index contributed by atoms with van der Waals surface area (Å²) in [6.07, 6.45) is 1.98. The van der Waals surface area contributed by atoms with Crippen LogP contribution in [-0.4, -0.2) is 26.1 Å². The molecule has 0 radical (unpaired) electrons. The van der Waals surface area contributed by atoms with Crippen LogP contribution < -0.4 is 5.32 Å². The van der Waals surface area contributed by atoms with E-state index in [0.717, 1.165) is 20.4 Å². The van der Waals surface area contributed by atoms with Crippen molar-refractivity contribution in [3.8, 4) is 0 Å². The lowest BCUT2D eigenvalue weighted by atomic mass is 10.1. The van der Waals surface area contributed by atoms with E-state index < -0.39 is 6.04 Å². The van der Waals surface area contributed by atoms with Gasteiger partial charge in [0.25, 0.3) is 0 Å². The molecule has 1 heterocycles. The second-order valence-electron chi connectivity index (χ2n) is 5.44. The molecule has 0 spiro atoms. The first-order valence-corrected chi connectivity index (χ1v) is 8.55. The molecule has 122 valence electrons. The van der Waals surface area contributed by atoms with Gasteiger partial charge in [0.2, 0.25) is 5.91 Å². The highest BCUT2D eigenvalue weighted by molar-refractivity contribution is 14.1. The molecule has 0 bridgehead atoms. The van der Waals surface area contributed by atoms with Crippen LogP contribution >= 0.6 is 22.6 Å². The van der Waals surface area contributed by atoms with Crippen molar-refractivity contribution in [3.63, 3.8) is 0 Å². The number of aryl methyl sites for hydroxylation is 1. The van der Waals surface area contributed by atoms with Gasteiger partial charge < -0.3 is 5.32 Å². The lowest BCUT2D eigenvalue weighted by Crippen LogP contribution is -2.28. The molecule has 1 amide bonds. The quantitative estimate of drug-likeness (QED) is 0.628. The maximum Gasteiger partial charge on any atom is 0.249 e. The molecular formula is C17H16IN5O. The summed E-state index contributed by atoms with van der Waals surface area (Å²) in [5.41, 5.74) is 2.87. The Balaban J connectivity index is 1.83. The number of carbonyl (C=O) groups excluding carboxylic acids is 1. The molecule has 2 aromatic carbocycles. The second-order valence-corrected chi connectivity index (χ2v) is 6.69. The summed E-state index contributed by atoms with van der Waals surface area (Å²) in [7, 11) is 0. The molecule has 0 aliphatic heterocycles. The first-order chi connectivity index (χ1) is 11.6. The van der Waals surface area contributed by atoms with E-state index in [1.807, 2.05) is 55.5 Å². The predicted octanol–water partition coefficient (Wildman–Crippen LogP) is 3.01. The number of amides is 1. The molecule has 24 heavy (non-hydrogen) atoms. The molecule has 1 unspecified atom stereocenters. The van der Waals surface area contributed by atoms with Gasteiger partial charge in [-0.15, -0.1) is 5.10 Å². The first-order valence-electron chi connectivity index (χ1n) is 7.47. The van der Waals surface area contributed by atoms with Crippen LogP contribution in [0.2, 0.25) is 0 Å². The normalized spacial score (nSPS) is 11.9. The number of hydrogen-bond acceptors (Lipinski definition) is 4. The minimum absolute atomic E-state index is 0.143. The lowest BCUT2D eigenvalue weighted by Gasteiger charge is -2.17. The summed E-state index contributed by atoms with van der Waals surface area (Å²) < 4.78 is 2.62. The van der Waals surface area contributed by atoms with Crippen molar-refractivity contribution >= 4 is 34.2 Å². The Bertz CT molecular complexity index is 820. The fourth-order valence-electron chi connectivity index (χ4n) is 2.44. The number of tetrazole rings is 1. The summed E-state index contributed by atoms with van der Waals surface area (Å²) in [5.74, 6) is -0.143. The van der Waals surface area contributed by atoms with E-state index in [9.17, 15) is 4.79 Å². The summed E-state index contributed by atoms with van der Waals surface area (Å²) in [5, 5.41) is 14.2. The van der Waals surface area contributed by atoms with E-state index in [2.05, 4.69) is 43.4 Å². The monoisotopic (exact) mass is 433 g/mol. The SMILES string of the molecule is Cc1cc(I)ccc1NC(=O)C(Cc1ccccc1)n1cnnn1. The molecule has 3 aromatic rings. The van der Waals surface area contributed by atoms with Crippen LogP contribution in [0.5, 0.6) is 0 Å². The number of carbonyl (C=O) groups is 1. The van der Waals surface area contributed by atoms with Gasteiger partial charge >= 0.3 is 0 Å². The number of rotatable bonds is 5. The number of hydrogen-bond donors (Lipinski definition) is 1. The Morgan fingerprint density at radius 2 is 2.04 bits per heavy atom. The average Bonchev–Trinajstić information content (AvgIpc) is 3.10. The van der Waals surface area contributed by atoms with Gasteiger partial charge in [-0.25, -0.2) is 4.68 Å². The van der Waals surface area contributed by atoms with Crippen molar-refractivity contribution in [3.05, 3.63) is 69.6 Å². The number of aromatic nitrogens is 4. The third-order valence-electron chi connectivity index (χ3n) is 3.71. The van der Waals surface area contributed by atoms with Crippen LogP contribution in [0.3, 0.4) is 0 Å². The first kappa shape index (κ1) is 16.6. The predicted molar refractivity (Wildman–Crippen MR) is 99.5 cm³/mol. The van der Waals surface area contributed by atoms with Gasteiger partial charge in [0, 0.05) is 15.7 Å². The van der Waals surface area contributed by atoms with Crippen LogP contribution in [0.25, 0.3) is 0 Å². The van der Waals surface area contributed by atoms with Crippen LogP contribution in [0.15, 0.2) is 54.9 Å². The highest BCUT2D eigenvalue weighted by Crippen LogP contribution is 2.20. The van der Waals surface area contributed by atoms with Gasteiger partial charge in [-0.05, 0) is 69.3 Å². The molecule has 1 atom stereocenters. The summed E-state index contributed by atoms with van der Waals surface area (Å²) in [4.78, 5) is 12.8. The fraction of sp³-hybridized carbons (Fsp3) is 0.176. The van der Waals surface area contributed by atoms with Gasteiger partial charge in [0.1, 0.15) is 12.4 Å². The summed E-state index contributed by atoms with van der Waals surface area (Å²) in [6, 6.07) is 15.2. The molecule has 0 aliphatic carbocycles. The second kappa shape index (κ2) is 7.52. The Labute approximate surface area is 153 Å². The molecule has 1 N–H and O–H groups in total. The van der Waals surface area contributed by atoms with Gasteiger partial charge in [0.15, 0.2) is 0 Å². The van der Waals surface area contributed by atoms with Crippen LogP contribution in [0.4, 0.5) is 5.69 Å². The van der Waals surface area contributed by atoms with Crippen molar-refractivity contribution in [1.82, 2.24) is 20.2 Å². The number of benzene rings is 2. The van der Waals surface area contributed by atoms with Crippen molar-refractivity contribution in [2.45, 2.75) is 19.4 Å². The maximum atomic E-state index is 12.8. The lowest BCUT2D eigenvalue weighted by molar-refractivity contribution is -0.119. The van der Waals surface area contributed by atoms with Gasteiger partial charge in [0.05, 0.1) is 0 Å². The fourth-order valence-corrected chi connectivity index (χ4v) is 3.09. The number of nitrogens with one attached hydrogen (secondary N) is 1.